The zero-order valence-electron chi connectivity index (χ0n) is 18.6. The smallest absolute Gasteiger partial charge is 0.333 e. The number of aliphatic hydroxyl groups excluding tert-OH is 1. The van der Waals surface area contributed by atoms with E-state index in [9.17, 15) is 14.7 Å². The third-order valence-electron chi connectivity index (χ3n) is 6.24. The van der Waals surface area contributed by atoms with Crippen molar-refractivity contribution in [3.05, 3.63) is 46.1 Å². The van der Waals surface area contributed by atoms with Crippen molar-refractivity contribution in [3.63, 3.8) is 0 Å². The molecule has 0 aromatic carbocycles. The highest BCUT2D eigenvalue weighted by atomic mass is 16.6. The number of cyclic esters (lactones) is 1. The van der Waals surface area contributed by atoms with E-state index in [1.54, 1.807) is 0 Å². The number of hydrogen-bond acceptors (Lipinski definition) is 4. The van der Waals surface area contributed by atoms with Crippen molar-refractivity contribution < 1.29 is 19.4 Å². The molecule has 0 aromatic rings. The molecule has 1 atom stereocenters. The van der Waals surface area contributed by atoms with Gasteiger partial charge in [-0.25, -0.2) is 4.79 Å². The zero-order chi connectivity index (χ0) is 21.6. The van der Waals surface area contributed by atoms with Gasteiger partial charge in [-0.2, -0.15) is 0 Å². The molecule has 1 aliphatic heterocycles. The highest BCUT2D eigenvalue weighted by Gasteiger charge is 2.31. The van der Waals surface area contributed by atoms with E-state index in [1.165, 1.54) is 22.8 Å². The van der Waals surface area contributed by atoms with Gasteiger partial charge in [0, 0.05) is 18.1 Å². The minimum absolute atomic E-state index is 0.135. The Bertz CT molecular complexity index is 762. The second-order valence-corrected chi connectivity index (χ2v) is 9.10. The second-order valence-electron chi connectivity index (χ2n) is 9.10. The first-order valence-electron chi connectivity index (χ1n) is 10.7. The molecular weight excluding hydrogens is 364 g/mol. The Hall–Kier alpha value is -1.94. The summed E-state index contributed by atoms with van der Waals surface area (Å²) in [6, 6.07) is 0. The van der Waals surface area contributed by atoms with Crippen LogP contribution in [0.15, 0.2) is 46.1 Å². The Morgan fingerprint density at radius 1 is 1.14 bits per heavy atom. The summed E-state index contributed by atoms with van der Waals surface area (Å²) < 4.78 is 4.69. The number of hydrogen-bond donors (Lipinski definition) is 1. The van der Waals surface area contributed by atoms with Gasteiger partial charge in [-0.15, -0.1) is 0 Å². The van der Waals surface area contributed by atoms with Gasteiger partial charge in [-0.05, 0) is 76.7 Å². The molecule has 160 valence electrons. The van der Waals surface area contributed by atoms with Gasteiger partial charge >= 0.3 is 5.97 Å². The average Bonchev–Trinajstić information content (AvgIpc) is 2.95. The summed E-state index contributed by atoms with van der Waals surface area (Å²) in [6.45, 7) is 10.8. The summed E-state index contributed by atoms with van der Waals surface area (Å²) in [5.41, 5.74) is 5.80. The lowest BCUT2D eigenvalue weighted by molar-refractivity contribution is -0.151. The van der Waals surface area contributed by atoms with Crippen LogP contribution >= 0.6 is 0 Å². The maximum absolute atomic E-state index is 12.1. The first-order chi connectivity index (χ1) is 13.6. The van der Waals surface area contributed by atoms with E-state index in [2.05, 4.69) is 44.6 Å². The van der Waals surface area contributed by atoms with Gasteiger partial charge in [0.15, 0.2) is 5.78 Å². The molecule has 0 saturated heterocycles. The number of carbonyl (C=O) groups is 2. The monoisotopic (exact) mass is 400 g/mol. The Kier molecular flexibility index (Phi) is 8.21. The van der Waals surface area contributed by atoms with E-state index in [4.69, 9.17) is 0 Å². The number of aliphatic hydroxyl groups is 1. The number of ketones is 1. The van der Waals surface area contributed by atoms with Crippen LogP contribution in [0, 0.1) is 5.41 Å². The van der Waals surface area contributed by atoms with E-state index in [-0.39, 0.29) is 5.41 Å². The Morgan fingerprint density at radius 2 is 1.79 bits per heavy atom. The minimum Gasteiger partial charge on any atom is -0.429 e. The number of allylic oxidation sites excluding steroid dienone is 6. The molecule has 0 aromatic heterocycles. The zero-order valence-corrected chi connectivity index (χ0v) is 18.6. The third-order valence-corrected chi connectivity index (χ3v) is 6.24. The normalized spacial score (nSPS) is 22.8. The van der Waals surface area contributed by atoms with Crippen LogP contribution in [-0.4, -0.2) is 23.1 Å². The topological polar surface area (TPSA) is 63.6 Å². The standard InChI is InChI=1S/C25H36O4/c1-17(10-7-11-20-16-23(27)29-24(20)28)8-6-9-18(2)12-13-21-19(3)22(26)14-15-25(21,4)5/h9-10,16,24,28H,6-8,11-15H2,1-5H3/b17-10-,18-9+/t24-/m0/s1. The Morgan fingerprint density at radius 3 is 2.45 bits per heavy atom. The molecule has 4 nitrogen and oxygen atoms in total. The number of rotatable bonds is 9. The SMILES string of the molecule is CC1=C(CC/C(C)=C/CC/C(C)=C\CCC2=CC(=O)O[C@@H]2O)C(C)(C)CCC1=O. The number of esters is 1. The van der Waals surface area contributed by atoms with Gasteiger partial charge in [0.2, 0.25) is 6.29 Å². The number of ether oxygens (including phenoxy) is 1. The van der Waals surface area contributed by atoms with Crippen LogP contribution in [0.3, 0.4) is 0 Å². The van der Waals surface area contributed by atoms with E-state index in [1.807, 2.05) is 6.92 Å². The summed E-state index contributed by atoms with van der Waals surface area (Å²) in [5, 5.41) is 9.57. The van der Waals surface area contributed by atoms with Crippen molar-refractivity contribution in [3.8, 4) is 0 Å². The molecule has 1 N–H and O–H groups in total. The molecule has 4 heteroatoms. The van der Waals surface area contributed by atoms with Crippen molar-refractivity contribution in [2.24, 2.45) is 5.41 Å². The van der Waals surface area contributed by atoms with Gasteiger partial charge in [0.1, 0.15) is 0 Å². The largest absolute Gasteiger partial charge is 0.429 e. The lowest BCUT2D eigenvalue weighted by atomic mass is 9.70. The first kappa shape index (κ1) is 23.3. The molecule has 0 saturated carbocycles. The summed E-state index contributed by atoms with van der Waals surface area (Å²) >= 11 is 0. The second kappa shape index (κ2) is 10.2. The van der Waals surface area contributed by atoms with Crippen LogP contribution in [-0.2, 0) is 14.3 Å². The number of carbonyl (C=O) groups excluding carboxylic acids is 2. The van der Waals surface area contributed by atoms with Crippen LogP contribution in [0.25, 0.3) is 0 Å². The molecule has 29 heavy (non-hydrogen) atoms. The first-order valence-corrected chi connectivity index (χ1v) is 10.7. The molecule has 0 unspecified atom stereocenters. The van der Waals surface area contributed by atoms with Crippen LogP contribution in [0.4, 0.5) is 0 Å². The minimum atomic E-state index is -1.06. The van der Waals surface area contributed by atoms with Crippen LogP contribution in [0.5, 0.6) is 0 Å². The quantitative estimate of drug-likeness (QED) is 0.397. The Labute approximate surface area is 175 Å². The van der Waals surface area contributed by atoms with Crippen molar-refractivity contribution in [1.82, 2.24) is 0 Å². The third kappa shape index (κ3) is 6.81. The van der Waals surface area contributed by atoms with E-state index in [0.717, 1.165) is 44.1 Å². The van der Waals surface area contributed by atoms with Crippen LogP contribution < -0.4 is 0 Å². The molecule has 0 spiro atoms. The predicted molar refractivity (Wildman–Crippen MR) is 116 cm³/mol. The summed E-state index contributed by atoms with van der Waals surface area (Å²) in [6.07, 6.45) is 11.9. The van der Waals surface area contributed by atoms with Crippen molar-refractivity contribution in [1.29, 1.82) is 0 Å². The molecule has 0 fully saturated rings. The fourth-order valence-corrected chi connectivity index (χ4v) is 4.16. The maximum Gasteiger partial charge on any atom is 0.333 e. The lowest BCUT2D eigenvalue weighted by Crippen LogP contribution is -2.25. The predicted octanol–water partition coefficient (Wildman–Crippen LogP) is 5.73. The fourth-order valence-electron chi connectivity index (χ4n) is 4.16. The van der Waals surface area contributed by atoms with Gasteiger partial charge in [0.05, 0.1) is 0 Å². The summed E-state index contributed by atoms with van der Waals surface area (Å²) in [5.74, 6) is -0.140. The molecule has 1 heterocycles. The van der Waals surface area contributed by atoms with Gasteiger partial charge in [-0.1, -0.05) is 42.7 Å². The van der Waals surface area contributed by atoms with E-state index in [0.29, 0.717) is 24.2 Å². The summed E-state index contributed by atoms with van der Waals surface area (Å²) in [7, 11) is 0. The number of Topliss-reactive ketones (excluding diaryl/α,β-unsaturated/α-hetero) is 1. The lowest BCUT2D eigenvalue weighted by Gasteiger charge is -2.34. The molecule has 2 rings (SSSR count). The Balaban J connectivity index is 1.76. The van der Waals surface area contributed by atoms with Crippen LogP contribution in [0.2, 0.25) is 0 Å². The van der Waals surface area contributed by atoms with E-state index < -0.39 is 12.3 Å². The maximum atomic E-state index is 12.1. The highest BCUT2D eigenvalue weighted by molar-refractivity contribution is 5.96. The summed E-state index contributed by atoms with van der Waals surface area (Å²) in [4.78, 5) is 23.2. The molecule has 0 radical (unpaired) electrons. The van der Waals surface area contributed by atoms with Crippen molar-refractivity contribution in [2.45, 2.75) is 92.3 Å². The molecule has 0 amide bonds. The van der Waals surface area contributed by atoms with Gasteiger partial charge < -0.3 is 9.84 Å². The molecular formula is C25H36O4. The molecule has 0 bridgehead atoms. The van der Waals surface area contributed by atoms with Gasteiger partial charge in [0.25, 0.3) is 0 Å². The van der Waals surface area contributed by atoms with Crippen LogP contribution in [0.1, 0.15) is 86.0 Å². The molecule has 1 aliphatic carbocycles. The fraction of sp³-hybridized carbons (Fsp3) is 0.600. The van der Waals surface area contributed by atoms with Crippen molar-refractivity contribution >= 4 is 11.8 Å². The van der Waals surface area contributed by atoms with Crippen molar-refractivity contribution in [2.75, 3.05) is 0 Å². The van der Waals surface area contributed by atoms with Gasteiger partial charge in [-0.3, -0.25) is 4.79 Å². The van der Waals surface area contributed by atoms with E-state index >= 15 is 0 Å². The molecule has 2 aliphatic rings. The average molecular weight is 401 g/mol. The highest BCUT2D eigenvalue weighted by Crippen LogP contribution is 2.41.